The van der Waals surface area contributed by atoms with Crippen LogP contribution < -0.4 is 10.6 Å². The van der Waals surface area contributed by atoms with E-state index in [9.17, 15) is 14.0 Å². The van der Waals surface area contributed by atoms with E-state index >= 15 is 0 Å². The lowest BCUT2D eigenvalue weighted by molar-refractivity contribution is -0.115. The fourth-order valence-electron chi connectivity index (χ4n) is 2.12. The number of benzene rings is 1. The van der Waals surface area contributed by atoms with Crippen LogP contribution in [0.2, 0.25) is 0 Å². The van der Waals surface area contributed by atoms with E-state index in [1.807, 2.05) is 0 Å². The minimum Gasteiger partial charge on any atom is -0.474 e. The Morgan fingerprint density at radius 2 is 1.96 bits per heavy atom. The van der Waals surface area contributed by atoms with Crippen LogP contribution in [-0.4, -0.2) is 40.3 Å². The van der Waals surface area contributed by atoms with Crippen LogP contribution in [0, 0.1) is 11.2 Å². The van der Waals surface area contributed by atoms with Gasteiger partial charge in [-0.05, 0) is 31.0 Å². The molecule has 2 amide bonds. The number of hydrogen-bond donors (Lipinski definition) is 3. The van der Waals surface area contributed by atoms with E-state index in [2.05, 4.69) is 36.5 Å². The third-order valence-electron chi connectivity index (χ3n) is 3.56. The summed E-state index contributed by atoms with van der Waals surface area (Å²) in [6.07, 6.45) is 3.64. The molecule has 1 aliphatic rings. The van der Waals surface area contributed by atoms with E-state index in [1.165, 1.54) is 0 Å². The van der Waals surface area contributed by atoms with Crippen molar-refractivity contribution < 1.29 is 18.7 Å². The summed E-state index contributed by atoms with van der Waals surface area (Å²) < 4.78 is 18.9. The summed E-state index contributed by atoms with van der Waals surface area (Å²) in [5.74, 6) is -1.89. The largest absolute Gasteiger partial charge is 0.474 e. The standard InChI is InChI=1S/C17H15BrFN5O3/c18-9-1-4-12(13(5-9)15(20)27-11-2-3-11)16(26)21-8-14(25)24-17-22-6-10(19)7-23-17/h1,4-7,11,20H,2-3,8H2,(H,21,26)(H,22,23,24,25). The van der Waals surface area contributed by atoms with E-state index < -0.39 is 17.6 Å². The molecule has 0 spiro atoms. The van der Waals surface area contributed by atoms with Crippen molar-refractivity contribution >= 4 is 39.6 Å². The first-order chi connectivity index (χ1) is 12.9. The van der Waals surface area contributed by atoms with Crippen LogP contribution in [0.5, 0.6) is 0 Å². The van der Waals surface area contributed by atoms with Gasteiger partial charge >= 0.3 is 0 Å². The molecule has 1 aromatic heterocycles. The van der Waals surface area contributed by atoms with E-state index in [0.717, 1.165) is 25.2 Å². The summed E-state index contributed by atoms with van der Waals surface area (Å²) in [5, 5.41) is 12.9. The van der Waals surface area contributed by atoms with Gasteiger partial charge < -0.3 is 10.1 Å². The highest BCUT2D eigenvalue weighted by atomic mass is 79.9. The molecule has 3 rings (SSSR count). The molecular weight excluding hydrogens is 421 g/mol. The normalized spacial score (nSPS) is 13.0. The van der Waals surface area contributed by atoms with Crippen molar-refractivity contribution in [2.75, 3.05) is 11.9 Å². The molecule has 10 heteroatoms. The Labute approximate surface area is 162 Å². The minimum absolute atomic E-state index is 0.0221. The van der Waals surface area contributed by atoms with Crippen LogP contribution in [0.1, 0.15) is 28.8 Å². The van der Waals surface area contributed by atoms with Crippen molar-refractivity contribution in [1.29, 1.82) is 5.41 Å². The Balaban J connectivity index is 1.62. The zero-order valence-corrected chi connectivity index (χ0v) is 15.5. The molecule has 27 heavy (non-hydrogen) atoms. The molecule has 0 aliphatic heterocycles. The molecule has 0 unspecified atom stereocenters. The molecule has 0 bridgehead atoms. The first-order valence-corrected chi connectivity index (χ1v) is 8.82. The second-order valence-corrected chi connectivity index (χ2v) is 6.71. The van der Waals surface area contributed by atoms with Gasteiger partial charge in [0.1, 0.15) is 6.10 Å². The van der Waals surface area contributed by atoms with E-state index in [-0.39, 0.29) is 30.1 Å². The second kappa shape index (κ2) is 8.21. The molecule has 8 nitrogen and oxygen atoms in total. The highest BCUT2D eigenvalue weighted by molar-refractivity contribution is 9.10. The number of hydrogen-bond acceptors (Lipinski definition) is 6. The SMILES string of the molecule is N=C(OC1CC1)c1cc(Br)ccc1C(=O)NCC(=O)Nc1ncc(F)cn1. The molecule has 1 heterocycles. The Morgan fingerprint density at radius 1 is 1.26 bits per heavy atom. The maximum Gasteiger partial charge on any atom is 0.252 e. The van der Waals surface area contributed by atoms with Crippen molar-refractivity contribution in [2.24, 2.45) is 0 Å². The summed E-state index contributed by atoms with van der Waals surface area (Å²) >= 11 is 3.31. The van der Waals surface area contributed by atoms with Gasteiger partial charge in [0.25, 0.3) is 5.91 Å². The van der Waals surface area contributed by atoms with Crippen LogP contribution in [0.25, 0.3) is 0 Å². The second-order valence-electron chi connectivity index (χ2n) is 5.79. The van der Waals surface area contributed by atoms with E-state index in [1.54, 1.807) is 18.2 Å². The molecule has 0 radical (unpaired) electrons. The van der Waals surface area contributed by atoms with Gasteiger partial charge in [0.15, 0.2) is 5.82 Å². The quantitative estimate of drug-likeness (QED) is 0.475. The molecule has 0 saturated heterocycles. The number of carbonyl (C=O) groups excluding carboxylic acids is 2. The van der Waals surface area contributed by atoms with Crippen molar-refractivity contribution in [3.63, 3.8) is 0 Å². The fourth-order valence-corrected chi connectivity index (χ4v) is 2.48. The topological polar surface area (TPSA) is 117 Å². The number of anilines is 1. The highest BCUT2D eigenvalue weighted by Crippen LogP contribution is 2.26. The first-order valence-electron chi connectivity index (χ1n) is 8.03. The van der Waals surface area contributed by atoms with Crippen molar-refractivity contribution in [3.05, 3.63) is 52.0 Å². The molecule has 1 fully saturated rings. The van der Waals surface area contributed by atoms with Gasteiger partial charge in [0.2, 0.25) is 17.8 Å². The van der Waals surface area contributed by atoms with Crippen LogP contribution in [0.15, 0.2) is 35.1 Å². The van der Waals surface area contributed by atoms with Gasteiger partial charge in [-0.25, -0.2) is 14.4 Å². The van der Waals surface area contributed by atoms with Gasteiger partial charge in [-0.15, -0.1) is 0 Å². The summed E-state index contributed by atoms with van der Waals surface area (Å²) in [4.78, 5) is 31.5. The summed E-state index contributed by atoms with van der Waals surface area (Å²) in [5.41, 5.74) is 0.547. The average molecular weight is 436 g/mol. The maximum atomic E-state index is 12.8. The Kier molecular flexibility index (Phi) is 5.75. The Morgan fingerprint density at radius 3 is 2.63 bits per heavy atom. The molecule has 1 aliphatic carbocycles. The van der Waals surface area contributed by atoms with Crippen LogP contribution >= 0.6 is 15.9 Å². The van der Waals surface area contributed by atoms with E-state index in [0.29, 0.717) is 10.0 Å². The summed E-state index contributed by atoms with van der Waals surface area (Å²) in [6, 6.07) is 4.82. The van der Waals surface area contributed by atoms with E-state index in [4.69, 9.17) is 10.1 Å². The van der Waals surface area contributed by atoms with Crippen molar-refractivity contribution in [1.82, 2.24) is 15.3 Å². The average Bonchev–Trinajstić information content (AvgIpc) is 3.45. The number of halogens is 2. The smallest absolute Gasteiger partial charge is 0.252 e. The van der Waals surface area contributed by atoms with Crippen molar-refractivity contribution in [2.45, 2.75) is 18.9 Å². The number of carbonyl (C=O) groups is 2. The molecule has 1 aromatic carbocycles. The molecular formula is C17H15BrFN5O3. The van der Waals surface area contributed by atoms with Crippen molar-refractivity contribution in [3.8, 4) is 0 Å². The zero-order valence-electron chi connectivity index (χ0n) is 14.0. The zero-order chi connectivity index (χ0) is 19.4. The molecule has 140 valence electrons. The lowest BCUT2D eigenvalue weighted by atomic mass is 10.1. The van der Waals surface area contributed by atoms with Gasteiger partial charge in [-0.2, -0.15) is 0 Å². The lowest BCUT2D eigenvalue weighted by Crippen LogP contribution is -2.34. The third-order valence-corrected chi connectivity index (χ3v) is 4.05. The van der Waals surface area contributed by atoms with Crippen LogP contribution in [0.4, 0.5) is 10.3 Å². The van der Waals surface area contributed by atoms with Crippen LogP contribution in [-0.2, 0) is 9.53 Å². The number of nitrogens with zero attached hydrogens (tertiary/aromatic N) is 2. The van der Waals surface area contributed by atoms with Gasteiger partial charge in [0.05, 0.1) is 24.5 Å². The number of aromatic nitrogens is 2. The lowest BCUT2D eigenvalue weighted by Gasteiger charge is -2.12. The van der Waals surface area contributed by atoms with Gasteiger partial charge in [0, 0.05) is 10.0 Å². The molecule has 2 aromatic rings. The third kappa shape index (κ3) is 5.30. The predicted molar refractivity (Wildman–Crippen MR) is 98.0 cm³/mol. The summed E-state index contributed by atoms with van der Waals surface area (Å²) in [6.45, 7) is -0.341. The Hall–Kier alpha value is -2.88. The maximum absolute atomic E-state index is 12.8. The Bertz CT molecular complexity index is 887. The number of ether oxygens (including phenoxy) is 1. The predicted octanol–water partition coefficient (Wildman–Crippen LogP) is 2.25. The molecule has 1 saturated carbocycles. The first kappa shape index (κ1) is 18.9. The minimum atomic E-state index is -0.625. The number of amides is 2. The fraction of sp³-hybridized carbons (Fsp3) is 0.235. The van der Waals surface area contributed by atoms with Crippen LogP contribution in [0.3, 0.4) is 0 Å². The number of nitrogens with one attached hydrogen (secondary N) is 3. The molecule has 3 N–H and O–H groups in total. The molecule has 0 atom stereocenters. The number of rotatable bonds is 6. The monoisotopic (exact) mass is 435 g/mol. The van der Waals surface area contributed by atoms with Gasteiger partial charge in [-0.3, -0.25) is 20.3 Å². The highest BCUT2D eigenvalue weighted by Gasteiger charge is 2.27. The van der Waals surface area contributed by atoms with Gasteiger partial charge in [-0.1, -0.05) is 15.9 Å². The summed E-state index contributed by atoms with van der Waals surface area (Å²) in [7, 11) is 0.